The Kier molecular flexibility index (Phi) is 7.07. The van der Waals surface area contributed by atoms with Crippen LogP contribution in [-0.4, -0.2) is 100 Å². The average Bonchev–Trinajstić information content (AvgIpc) is 3.43. The molecule has 0 bridgehead atoms. The molecule has 0 spiro atoms. The number of nitrogens with zero attached hydrogens (tertiary/aromatic N) is 5. The van der Waals surface area contributed by atoms with Crippen molar-refractivity contribution >= 4 is 41.2 Å². The lowest BCUT2D eigenvalue weighted by molar-refractivity contribution is -0.134. The zero-order chi connectivity index (χ0) is 22.9. The molecule has 0 N–H and O–H groups in total. The summed E-state index contributed by atoms with van der Waals surface area (Å²) in [5.41, 5.74) is -0.594. The molecule has 1 aromatic rings. The fourth-order valence-corrected chi connectivity index (χ4v) is 5.57. The largest absolute Gasteiger partial charge is 0.444 e. The first-order valence-corrected chi connectivity index (χ1v) is 12.7. The maximum atomic E-state index is 13.2. The Bertz CT molecular complexity index is 820. The highest BCUT2D eigenvalue weighted by molar-refractivity contribution is 7.99. The second kappa shape index (κ2) is 9.65. The molecule has 3 fully saturated rings. The van der Waals surface area contributed by atoms with Crippen LogP contribution in [0.2, 0.25) is 5.02 Å². The van der Waals surface area contributed by atoms with Gasteiger partial charge in [0.2, 0.25) is 5.91 Å². The van der Waals surface area contributed by atoms with E-state index in [0.717, 1.165) is 44.3 Å². The molecule has 0 saturated carbocycles. The van der Waals surface area contributed by atoms with Crippen molar-refractivity contribution in [3.8, 4) is 0 Å². The molecule has 32 heavy (non-hydrogen) atoms. The van der Waals surface area contributed by atoms with E-state index in [0.29, 0.717) is 23.9 Å². The lowest BCUT2D eigenvalue weighted by Crippen LogP contribution is -2.51. The summed E-state index contributed by atoms with van der Waals surface area (Å²) in [5.74, 6) is 2.63. The van der Waals surface area contributed by atoms with Gasteiger partial charge in [0.25, 0.3) is 0 Å². The van der Waals surface area contributed by atoms with Gasteiger partial charge in [-0.05, 0) is 39.3 Å². The quantitative estimate of drug-likeness (QED) is 0.657. The van der Waals surface area contributed by atoms with Crippen LogP contribution < -0.4 is 4.90 Å². The Morgan fingerprint density at radius 2 is 1.91 bits per heavy atom. The summed E-state index contributed by atoms with van der Waals surface area (Å²) in [5, 5.41) is 0.632. The maximum absolute atomic E-state index is 13.2. The van der Waals surface area contributed by atoms with Gasteiger partial charge in [0.15, 0.2) is 0 Å². The van der Waals surface area contributed by atoms with Crippen molar-refractivity contribution in [1.29, 1.82) is 0 Å². The van der Waals surface area contributed by atoms with Crippen molar-refractivity contribution in [2.45, 2.75) is 44.9 Å². The van der Waals surface area contributed by atoms with Crippen LogP contribution in [0.5, 0.6) is 0 Å². The number of halogens is 1. The maximum Gasteiger partial charge on any atom is 0.411 e. The van der Waals surface area contributed by atoms with Crippen molar-refractivity contribution in [3.05, 3.63) is 23.4 Å². The third-order valence-corrected chi connectivity index (χ3v) is 7.31. The number of carbonyl (C=O) groups excluding carboxylic acids is 2. The van der Waals surface area contributed by atoms with Crippen molar-refractivity contribution in [2.75, 3.05) is 55.8 Å². The van der Waals surface area contributed by atoms with Gasteiger partial charge < -0.3 is 14.5 Å². The molecular weight excluding hydrogens is 450 g/mol. The number of ether oxygens (including phenoxy) is 1. The molecule has 3 aliphatic heterocycles. The highest BCUT2D eigenvalue weighted by atomic mass is 35.5. The van der Waals surface area contributed by atoms with Crippen LogP contribution in [0.4, 0.5) is 10.6 Å². The Balaban J connectivity index is 1.42. The summed E-state index contributed by atoms with van der Waals surface area (Å²) in [7, 11) is 0. The van der Waals surface area contributed by atoms with Gasteiger partial charge in [0, 0.05) is 57.3 Å². The standard InChI is InChI=1S/C22H32ClN5O3S/c1-22(2,3)31-21(30)28-14-17(12-18(28)20(29)27-10-11-32-15-27)25-6-8-26(9-7-25)19-5-4-16(23)13-24-19/h4-5,13,17-18H,6-12,14-15H2,1-3H3. The number of rotatable bonds is 3. The number of amides is 2. The van der Waals surface area contributed by atoms with Crippen molar-refractivity contribution in [1.82, 2.24) is 19.7 Å². The van der Waals surface area contributed by atoms with E-state index in [4.69, 9.17) is 16.3 Å². The van der Waals surface area contributed by atoms with Gasteiger partial charge in [-0.1, -0.05) is 11.6 Å². The highest BCUT2D eigenvalue weighted by Crippen LogP contribution is 2.29. The third-order valence-electron chi connectivity index (χ3n) is 6.12. The van der Waals surface area contributed by atoms with Crippen molar-refractivity contribution in [3.63, 3.8) is 0 Å². The third kappa shape index (κ3) is 5.43. The number of thioether (sulfide) groups is 1. The van der Waals surface area contributed by atoms with Crippen LogP contribution in [0, 0.1) is 0 Å². The lowest BCUT2D eigenvalue weighted by Gasteiger charge is -2.38. The monoisotopic (exact) mass is 481 g/mol. The first kappa shape index (κ1) is 23.4. The molecular formula is C22H32ClN5O3S. The summed E-state index contributed by atoms with van der Waals surface area (Å²) in [6.07, 6.45) is 1.93. The van der Waals surface area contributed by atoms with Crippen LogP contribution >= 0.6 is 23.4 Å². The number of pyridine rings is 1. The minimum atomic E-state index is -0.594. The van der Waals surface area contributed by atoms with Crippen LogP contribution in [0.25, 0.3) is 0 Å². The SMILES string of the molecule is CC(C)(C)OC(=O)N1CC(N2CCN(c3ccc(Cl)cn3)CC2)CC1C(=O)N1CCSC1. The molecule has 8 nitrogen and oxygen atoms in total. The number of hydrogen-bond acceptors (Lipinski definition) is 7. The fraction of sp³-hybridized carbons (Fsp3) is 0.682. The average molecular weight is 482 g/mol. The van der Waals surface area contributed by atoms with E-state index >= 15 is 0 Å². The predicted octanol–water partition coefficient (Wildman–Crippen LogP) is 2.77. The first-order valence-electron chi connectivity index (χ1n) is 11.2. The van der Waals surface area contributed by atoms with E-state index < -0.39 is 17.7 Å². The van der Waals surface area contributed by atoms with E-state index in [1.165, 1.54) is 0 Å². The predicted molar refractivity (Wildman–Crippen MR) is 127 cm³/mol. The Morgan fingerprint density at radius 1 is 1.16 bits per heavy atom. The number of carbonyl (C=O) groups is 2. The molecule has 4 rings (SSSR count). The van der Waals surface area contributed by atoms with E-state index in [2.05, 4.69) is 14.8 Å². The minimum absolute atomic E-state index is 0.0485. The van der Waals surface area contributed by atoms with Crippen LogP contribution in [0.1, 0.15) is 27.2 Å². The first-order chi connectivity index (χ1) is 15.2. The van der Waals surface area contributed by atoms with Crippen LogP contribution in [0.3, 0.4) is 0 Å². The molecule has 0 radical (unpaired) electrons. The second-order valence-corrected chi connectivity index (χ2v) is 11.0. The fourth-order valence-electron chi connectivity index (χ4n) is 4.50. The van der Waals surface area contributed by atoms with E-state index in [-0.39, 0.29) is 11.9 Å². The zero-order valence-electron chi connectivity index (χ0n) is 19.0. The van der Waals surface area contributed by atoms with E-state index in [9.17, 15) is 9.59 Å². The molecule has 10 heteroatoms. The van der Waals surface area contributed by atoms with Crippen LogP contribution in [0.15, 0.2) is 18.3 Å². The Labute approximate surface area is 199 Å². The number of likely N-dealkylation sites (tertiary alicyclic amines) is 1. The summed E-state index contributed by atoms with van der Waals surface area (Å²) in [6.45, 7) is 10.3. The molecule has 3 aliphatic rings. The molecule has 2 unspecified atom stereocenters. The van der Waals surface area contributed by atoms with Gasteiger partial charge in [0.05, 0.1) is 10.9 Å². The van der Waals surface area contributed by atoms with Crippen LogP contribution in [-0.2, 0) is 9.53 Å². The second-order valence-electron chi connectivity index (χ2n) is 9.53. The summed E-state index contributed by atoms with van der Waals surface area (Å²) in [4.78, 5) is 38.8. The minimum Gasteiger partial charge on any atom is -0.444 e. The zero-order valence-corrected chi connectivity index (χ0v) is 20.6. The summed E-state index contributed by atoms with van der Waals surface area (Å²) >= 11 is 7.72. The Hall–Kier alpha value is -1.71. The van der Waals surface area contributed by atoms with Gasteiger partial charge in [-0.25, -0.2) is 9.78 Å². The smallest absolute Gasteiger partial charge is 0.411 e. The van der Waals surface area contributed by atoms with Gasteiger partial charge in [0.1, 0.15) is 17.5 Å². The topological polar surface area (TPSA) is 69.2 Å². The molecule has 2 amide bonds. The highest BCUT2D eigenvalue weighted by Gasteiger charge is 2.45. The molecule has 1 aromatic heterocycles. The Morgan fingerprint density at radius 3 is 2.50 bits per heavy atom. The molecule has 176 valence electrons. The molecule has 0 aromatic carbocycles. The van der Waals surface area contributed by atoms with Crippen molar-refractivity contribution < 1.29 is 14.3 Å². The molecule has 0 aliphatic carbocycles. The number of anilines is 1. The van der Waals surface area contributed by atoms with Gasteiger partial charge in [-0.3, -0.25) is 14.6 Å². The number of piperazine rings is 1. The molecule has 3 saturated heterocycles. The van der Waals surface area contributed by atoms with Gasteiger partial charge in [-0.15, -0.1) is 11.8 Å². The summed E-state index contributed by atoms with van der Waals surface area (Å²) < 4.78 is 5.65. The normalized spacial score (nSPS) is 24.8. The molecule has 4 heterocycles. The van der Waals surface area contributed by atoms with Gasteiger partial charge >= 0.3 is 6.09 Å². The van der Waals surface area contributed by atoms with Crippen molar-refractivity contribution in [2.24, 2.45) is 0 Å². The molecule has 2 atom stereocenters. The number of aromatic nitrogens is 1. The van der Waals surface area contributed by atoms with Gasteiger partial charge in [-0.2, -0.15) is 0 Å². The van der Waals surface area contributed by atoms with E-state index in [1.54, 1.807) is 22.9 Å². The lowest BCUT2D eigenvalue weighted by atomic mass is 10.1. The van der Waals surface area contributed by atoms with E-state index in [1.807, 2.05) is 37.8 Å². The number of hydrogen-bond donors (Lipinski definition) is 0. The summed E-state index contributed by atoms with van der Waals surface area (Å²) in [6, 6.07) is 3.50.